The Morgan fingerprint density at radius 3 is 2.04 bits per heavy atom. The van der Waals surface area contributed by atoms with Crippen LogP contribution in [0.15, 0.2) is 83.8 Å². The Morgan fingerprint density at radius 1 is 0.760 bits per heavy atom. The predicted molar refractivity (Wildman–Crippen MR) is 97.7 cm³/mol. The fourth-order valence-corrected chi connectivity index (χ4v) is 3.40. The van der Waals surface area contributed by atoms with Crippen molar-refractivity contribution in [2.75, 3.05) is 5.75 Å². The van der Waals surface area contributed by atoms with Gasteiger partial charge in [-0.05, 0) is 17.2 Å². The minimum Gasteiger partial charge on any atom is -0.545 e. The SMILES string of the molecule is O=C(CSc1ccccc1C(=O)[O-])c1ccc(-c2ccccc2)cc1. The molecule has 0 saturated carbocycles. The number of rotatable bonds is 6. The number of carboxylic acid groups (broad SMARTS) is 1. The highest BCUT2D eigenvalue weighted by atomic mass is 32.2. The first-order chi connectivity index (χ1) is 12.1. The van der Waals surface area contributed by atoms with Crippen molar-refractivity contribution in [3.8, 4) is 11.1 Å². The predicted octanol–water partition coefficient (Wildman–Crippen LogP) is 3.69. The Kier molecular flexibility index (Phi) is 5.31. The number of hydrogen-bond acceptors (Lipinski definition) is 4. The molecule has 0 radical (unpaired) electrons. The monoisotopic (exact) mass is 347 g/mol. The van der Waals surface area contributed by atoms with E-state index in [2.05, 4.69) is 0 Å². The number of aromatic carboxylic acids is 1. The van der Waals surface area contributed by atoms with Crippen molar-refractivity contribution in [2.45, 2.75) is 4.90 Å². The van der Waals surface area contributed by atoms with Crippen molar-refractivity contribution in [2.24, 2.45) is 0 Å². The summed E-state index contributed by atoms with van der Waals surface area (Å²) in [6, 6.07) is 23.9. The first-order valence-corrected chi connectivity index (χ1v) is 8.75. The fourth-order valence-electron chi connectivity index (χ4n) is 2.47. The van der Waals surface area contributed by atoms with E-state index in [1.807, 2.05) is 42.5 Å². The molecule has 0 N–H and O–H groups in total. The van der Waals surface area contributed by atoms with Crippen molar-refractivity contribution in [1.29, 1.82) is 0 Å². The molecule has 0 saturated heterocycles. The van der Waals surface area contributed by atoms with Crippen LogP contribution in [-0.2, 0) is 0 Å². The molecular formula is C21H15O3S-. The lowest BCUT2D eigenvalue weighted by Crippen LogP contribution is -2.23. The summed E-state index contributed by atoms with van der Waals surface area (Å²) in [7, 11) is 0. The zero-order valence-corrected chi connectivity index (χ0v) is 14.2. The highest BCUT2D eigenvalue weighted by Gasteiger charge is 2.09. The van der Waals surface area contributed by atoms with Gasteiger partial charge in [-0.1, -0.05) is 72.8 Å². The number of thioether (sulfide) groups is 1. The van der Waals surface area contributed by atoms with Crippen LogP contribution in [0.4, 0.5) is 0 Å². The summed E-state index contributed by atoms with van der Waals surface area (Å²) in [6.07, 6.45) is 0. The molecule has 4 heteroatoms. The van der Waals surface area contributed by atoms with E-state index in [4.69, 9.17) is 0 Å². The summed E-state index contributed by atoms with van der Waals surface area (Å²) < 4.78 is 0. The van der Waals surface area contributed by atoms with Crippen LogP contribution in [0.5, 0.6) is 0 Å². The molecule has 3 rings (SSSR count). The van der Waals surface area contributed by atoms with Crippen molar-refractivity contribution in [3.63, 3.8) is 0 Å². The highest BCUT2D eigenvalue weighted by molar-refractivity contribution is 8.00. The quantitative estimate of drug-likeness (QED) is 0.504. The maximum absolute atomic E-state index is 12.4. The van der Waals surface area contributed by atoms with Crippen LogP contribution in [0.2, 0.25) is 0 Å². The molecule has 0 spiro atoms. The molecule has 0 bridgehead atoms. The molecule has 0 unspecified atom stereocenters. The topological polar surface area (TPSA) is 57.2 Å². The third-order valence-corrected chi connectivity index (χ3v) is 4.85. The van der Waals surface area contributed by atoms with Crippen LogP contribution < -0.4 is 5.11 Å². The highest BCUT2D eigenvalue weighted by Crippen LogP contribution is 2.24. The molecule has 0 heterocycles. The summed E-state index contributed by atoms with van der Waals surface area (Å²) >= 11 is 1.21. The molecule has 0 aliphatic carbocycles. The molecular weight excluding hydrogens is 332 g/mol. The lowest BCUT2D eigenvalue weighted by Gasteiger charge is -2.09. The summed E-state index contributed by atoms with van der Waals surface area (Å²) in [6.45, 7) is 0. The molecule has 3 nitrogen and oxygen atoms in total. The van der Waals surface area contributed by atoms with Crippen LogP contribution in [-0.4, -0.2) is 17.5 Å². The van der Waals surface area contributed by atoms with E-state index >= 15 is 0 Å². The lowest BCUT2D eigenvalue weighted by molar-refractivity contribution is -0.255. The van der Waals surface area contributed by atoms with Crippen molar-refractivity contribution in [1.82, 2.24) is 0 Å². The van der Waals surface area contributed by atoms with Gasteiger partial charge in [0.25, 0.3) is 0 Å². The first-order valence-electron chi connectivity index (χ1n) is 7.77. The maximum atomic E-state index is 12.4. The second kappa shape index (κ2) is 7.81. The average molecular weight is 347 g/mol. The minimum absolute atomic E-state index is 0.0437. The second-order valence-corrected chi connectivity index (χ2v) is 6.46. The van der Waals surface area contributed by atoms with Crippen LogP contribution in [0.1, 0.15) is 20.7 Å². The summed E-state index contributed by atoms with van der Waals surface area (Å²) in [5, 5.41) is 11.1. The van der Waals surface area contributed by atoms with Crippen LogP contribution >= 0.6 is 11.8 Å². The van der Waals surface area contributed by atoms with E-state index < -0.39 is 5.97 Å². The van der Waals surface area contributed by atoms with Crippen LogP contribution in [0.3, 0.4) is 0 Å². The van der Waals surface area contributed by atoms with Gasteiger partial charge in [-0.25, -0.2) is 0 Å². The van der Waals surface area contributed by atoms with Gasteiger partial charge in [0.1, 0.15) is 0 Å². The molecule has 124 valence electrons. The molecule has 0 amide bonds. The summed E-state index contributed by atoms with van der Waals surface area (Å²) in [5.74, 6) is -1.10. The largest absolute Gasteiger partial charge is 0.545 e. The van der Waals surface area contributed by atoms with E-state index in [0.717, 1.165) is 11.1 Å². The van der Waals surface area contributed by atoms with Gasteiger partial charge < -0.3 is 9.90 Å². The zero-order chi connectivity index (χ0) is 17.6. The smallest absolute Gasteiger partial charge is 0.173 e. The maximum Gasteiger partial charge on any atom is 0.173 e. The molecule has 0 fully saturated rings. The summed E-state index contributed by atoms with van der Waals surface area (Å²) in [4.78, 5) is 24.0. The Balaban J connectivity index is 1.69. The molecule has 0 aliphatic heterocycles. The number of benzene rings is 3. The number of Topliss-reactive ketones (excluding diaryl/α,β-unsaturated/α-hetero) is 1. The van der Waals surface area contributed by atoms with Gasteiger partial charge in [0.15, 0.2) is 5.78 Å². The molecule has 3 aromatic carbocycles. The van der Waals surface area contributed by atoms with Crippen LogP contribution in [0.25, 0.3) is 11.1 Å². The average Bonchev–Trinajstić information content (AvgIpc) is 2.67. The summed E-state index contributed by atoms with van der Waals surface area (Å²) in [5.41, 5.74) is 2.86. The number of carboxylic acids is 1. The molecule has 0 aliphatic rings. The Morgan fingerprint density at radius 2 is 1.36 bits per heavy atom. The van der Waals surface area contributed by atoms with Crippen molar-refractivity contribution in [3.05, 3.63) is 90.0 Å². The van der Waals surface area contributed by atoms with Crippen LogP contribution in [0, 0.1) is 0 Å². The number of carbonyl (C=O) groups excluding carboxylic acids is 2. The van der Waals surface area contributed by atoms with E-state index in [0.29, 0.717) is 10.5 Å². The Hall–Kier alpha value is -2.85. The Labute approximate surface area is 150 Å². The van der Waals surface area contributed by atoms with Crippen molar-refractivity contribution < 1.29 is 14.7 Å². The molecule has 3 aromatic rings. The van der Waals surface area contributed by atoms with Gasteiger partial charge in [0.2, 0.25) is 0 Å². The standard InChI is InChI=1S/C21H16O3S/c22-19(14-25-20-9-5-4-8-18(20)21(23)24)17-12-10-16(11-13-17)15-6-2-1-3-7-15/h1-13H,14H2,(H,23,24)/p-1. The minimum atomic E-state index is -1.23. The van der Waals surface area contributed by atoms with E-state index in [1.54, 1.807) is 30.3 Å². The molecule has 0 atom stereocenters. The van der Waals surface area contributed by atoms with Gasteiger partial charge >= 0.3 is 0 Å². The van der Waals surface area contributed by atoms with Gasteiger partial charge in [0.05, 0.1) is 11.7 Å². The van der Waals surface area contributed by atoms with Gasteiger partial charge in [-0.15, -0.1) is 11.8 Å². The molecule has 25 heavy (non-hydrogen) atoms. The first kappa shape index (κ1) is 17.0. The fraction of sp³-hybridized carbons (Fsp3) is 0.0476. The number of hydrogen-bond donors (Lipinski definition) is 0. The lowest BCUT2D eigenvalue weighted by atomic mass is 10.0. The van der Waals surface area contributed by atoms with Gasteiger partial charge in [-0.3, -0.25) is 4.79 Å². The van der Waals surface area contributed by atoms with Gasteiger partial charge in [0, 0.05) is 16.0 Å². The Bertz CT molecular complexity index is 887. The van der Waals surface area contributed by atoms with E-state index in [9.17, 15) is 14.7 Å². The van der Waals surface area contributed by atoms with Crippen molar-refractivity contribution >= 4 is 23.5 Å². The van der Waals surface area contributed by atoms with E-state index in [-0.39, 0.29) is 17.1 Å². The van der Waals surface area contributed by atoms with Gasteiger partial charge in [-0.2, -0.15) is 0 Å². The second-order valence-electron chi connectivity index (χ2n) is 5.44. The normalized spacial score (nSPS) is 10.4. The molecule has 0 aromatic heterocycles. The third-order valence-electron chi connectivity index (χ3n) is 3.78. The zero-order valence-electron chi connectivity index (χ0n) is 13.3. The number of carbonyl (C=O) groups is 2. The van der Waals surface area contributed by atoms with E-state index in [1.165, 1.54) is 17.8 Å². The third kappa shape index (κ3) is 4.17. The number of ketones is 1.